The predicted octanol–water partition coefficient (Wildman–Crippen LogP) is 3.46. The van der Waals surface area contributed by atoms with Gasteiger partial charge in [0.1, 0.15) is 11.6 Å². The summed E-state index contributed by atoms with van der Waals surface area (Å²) in [5.74, 6) is 2.13. The average molecular weight is 363 g/mol. The highest BCUT2D eigenvalue weighted by Crippen LogP contribution is 2.32. The number of imidazole rings is 1. The van der Waals surface area contributed by atoms with Crippen LogP contribution >= 0.6 is 0 Å². The lowest BCUT2D eigenvalue weighted by Crippen LogP contribution is -2.20. The van der Waals surface area contributed by atoms with Crippen LogP contribution in [0.3, 0.4) is 0 Å². The first-order chi connectivity index (χ1) is 13.0. The van der Waals surface area contributed by atoms with Crippen molar-refractivity contribution in [2.24, 2.45) is 5.92 Å². The summed E-state index contributed by atoms with van der Waals surface area (Å²) < 4.78 is 8.04. The smallest absolute Gasteiger partial charge is 0.143 e. The van der Waals surface area contributed by atoms with Gasteiger partial charge in [-0.2, -0.15) is 0 Å². The van der Waals surface area contributed by atoms with Gasteiger partial charge in [-0.15, -0.1) is 0 Å². The minimum atomic E-state index is -0.0666. The Bertz CT molecular complexity index is 883. The maximum Gasteiger partial charge on any atom is 0.143 e. The van der Waals surface area contributed by atoms with Gasteiger partial charge in [0.15, 0.2) is 0 Å². The molecule has 6 nitrogen and oxygen atoms in total. The molecule has 140 valence electrons. The molecule has 0 N–H and O–H groups in total. The van der Waals surface area contributed by atoms with Gasteiger partial charge < -0.3 is 9.30 Å². The van der Waals surface area contributed by atoms with Gasteiger partial charge in [0, 0.05) is 48.5 Å². The lowest BCUT2D eigenvalue weighted by molar-refractivity contribution is 0.181. The van der Waals surface area contributed by atoms with E-state index >= 15 is 0 Å². The Balaban J connectivity index is 1.59. The summed E-state index contributed by atoms with van der Waals surface area (Å²) in [6, 6.07) is 4.39. The van der Waals surface area contributed by atoms with Gasteiger partial charge in [-0.05, 0) is 24.1 Å². The molecule has 0 amide bonds. The molecule has 0 unspecified atom stereocenters. The zero-order chi connectivity index (χ0) is 18.9. The SMILES string of the molecule is CC(C)(C)c1ncc(-c2nccn2[C@@H]2COC[C@H]2Cc2ccncc2)cn1. The van der Waals surface area contributed by atoms with Crippen LogP contribution in [0.5, 0.6) is 0 Å². The fourth-order valence-electron chi connectivity index (χ4n) is 3.55. The second kappa shape index (κ2) is 7.19. The average Bonchev–Trinajstić information content (AvgIpc) is 3.31. The standard InChI is InChI=1S/C21H25N5O/c1-21(2,3)20-24-11-17(12-25-20)19-23-8-9-26(19)18-14-27-13-16(18)10-15-4-6-22-7-5-15/h4-9,11-12,16,18H,10,13-14H2,1-3H3/t16-,18-/m1/s1. The predicted molar refractivity (Wildman–Crippen MR) is 103 cm³/mol. The van der Waals surface area contributed by atoms with E-state index in [1.54, 1.807) is 0 Å². The third kappa shape index (κ3) is 3.76. The van der Waals surface area contributed by atoms with Crippen LogP contribution in [0.2, 0.25) is 0 Å². The topological polar surface area (TPSA) is 65.7 Å². The number of hydrogen-bond donors (Lipinski definition) is 0. The van der Waals surface area contributed by atoms with Gasteiger partial charge in [0.25, 0.3) is 0 Å². The van der Waals surface area contributed by atoms with Crippen molar-refractivity contribution in [2.75, 3.05) is 13.2 Å². The number of pyridine rings is 1. The van der Waals surface area contributed by atoms with Crippen LogP contribution in [-0.4, -0.2) is 37.7 Å². The Morgan fingerprint density at radius 2 is 1.78 bits per heavy atom. The monoisotopic (exact) mass is 363 g/mol. The van der Waals surface area contributed by atoms with E-state index in [2.05, 4.69) is 57.4 Å². The molecule has 27 heavy (non-hydrogen) atoms. The summed E-state index contributed by atoms with van der Waals surface area (Å²) in [4.78, 5) is 17.8. The molecule has 4 heterocycles. The molecule has 3 aromatic heterocycles. The van der Waals surface area contributed by atoms with E-state index in [1.165, 1.54) is 5.56 Å². The maximum atomic E-state index is 5.82. The van der Waals surface area contributed by atoms with Crippen molar-refractivity contribution in [2.45, 2.75) is 38.6 Å². The number of hydrogen-bond acceptors (Lipinski definition) is 5. The molecule has 6 heteroatoms. The van der Waals surface area contributed by atoms with E-state index in [9.17, 15) is 0 Å². The third-order valence-corrected chi connectivity index (χ3v) is 5.02. The van der Waals surface area contributed by atoms with E-state index in [1.807, 2.05) is 37.2 Å². The highest BCUT2D eigenvalue weighted by molar-refractivity contribution is 5.53. The Labute approximate surface area is 159 Å². The summed E-state index contributed by atoms with van der Waals surface area (Å²) >= 11 is 0. The van der Waals surface area contributed by atoms with Crippen molar-refractivity contribution in [3.63, 3.8) is 0 Å². The molecule has 3 aromatic rings. The molecule has 1 saturated heterocycles. The van der Waals surface area contributed by atoms with E-state index in [4.69, 9.17) is 4.74 Å². The van der Waals surface area contributed by atoms with Gasteiger partial charge >= 0.3 is 0 Å². The molecule has 0 saturated carbocycles. The van der Waals surface area contributed by atoms with Crippen LogP contribution in [-0.2, 0) is 16.6 Å². The molecule has 0 radical (unpaired) electrons. The summed E-state index contributed by atoms with van der Waals surface area (Å²) in [5, 5.41) is 0. The van der Waals surface area contributed by atoms with Crippen LogP contribution in [0.4, 0.5) is 0 Å². The lowest BCUT2D eigenvalue weighted by atomic mass is 9.95. The summed E-state index contributed by atoms with van der Waals surface area (Å²) in [5.41, 5.74) is 2.15. The molecule has 2 atom stereocenters. The number of ether oxygens (including phenoxy) is 1. The van der Waals surface area contributed by atoms with Crippen molar-refractivity contribution < 1.29 is 4.74 Å². The van der Waals surface area contributed by atoms with Gasteiger partial charge in [-0.1, -0.05) is 20.8 Å². The van der Waals surface area contributed by atoms with Crippen molar-refractivity contribution in [3.8, 4) is 11.4 Å². The molecular formula is C21H25N5O. The Kier molecular flexibility index (Phi) is 4.74. The number of rotatable bonds is 4. The Hall–Kier alpha value is -2.60. The molecule has 1 aliphatic rings. The van der Waals surface area contributed by atoms with E-state index in [-0.39, 0.29) is 11.5 Å². The van der Waals surface area contributed by atoms with Crippen LogP contribution in [0.1, 0.15) is 38.2 Å². The largest absolute Gasteiger partial charge is 0.379 e. The van der Waals surface area contributed by atoms with Crippen molar-refractivity contribution in [3.05, 3.63) is 60.7 Å². The second-order valence-electron chi connectivity index (χ2n) is 8.13. The normalized spacial score (nSPS) is 20.1. The van der Waals surface area contributed by atoms with Crippen molar-refractivity contribution in [1.82, 2.24) is 24.5 Å². The minimum absolute atomic E-state index is 0.0666. The van der Waals surface area contributed by atoms with Crippen LogP contribution < -0.4 is 0 Å². The van der Waals surface area contributed by atoms with Gasteiger partial charge in [-0.3, -0.25) is 4.98 Å². The van der Waals surface area contributed by atoms with Crippen LogP contribution in [0.15, 0.2) is 49.3 Å². The number of aromatic nitrogens is 5. The van der Waals surface area contributed by atoms with E-state index < -0.39 is 0 Å². The number of nitrogens with zero attached hydrogens (tertiary/aromatic N) is 5. The minimum Gasteiger partial charge on any atom is -0.379 e. The Morgan fingerprint density at radius 1 is 1.04 bits per heavy atom. The fourth-order valence-corrected chi connectivity index (χ4v) is 3.55. The first-order valence-corrected chi connectivity index (χ1v) is 9.35. The quantitative estimate of drug-likeness (QED) is 0.710. The summed E-state index contributed by atoms with van der Waals surface area (Å²) in [7, 11) is 0. The van der Waals surface area contributed by atoms with Gasteiger partial charge in [0.05, 0.1) is 24.8 Å². The van der Waals surface area contributed by atoms with Crippen LogP contribution in [0.25, 0.3) is 11.4 Å². The molecule has 4 rings (SSSR count). The maximum absolute atomic E-state index is 5.82. The fraction of sp³-hybridized carbons (Fsp3) is 0.429. The zero-order valence-corrected chi connectivity index (χ0v) is 16.0. The Morgan fingerprint density at radius 3 is 2.48 bits per heavy atom. The second-order valence-corrected chi connectivity index (χ2v) is 8.13. The molecule has 1 aliphatic heterocycles. The van der Waals surface area contributed by atoms with Gasteiger partial charge in [0.2, 0.25) is 0 Å². The van der Waals surface area contributed by atoms with Crippen molar-refractivity contribution >= 4 is 0 Å². The molecule has 0 aromatic carbocycles. The third-order valence-electron chi connectivity index (χ3n) is 5.02. The zero-order valence-electron chi connectivity index (χ0n) is 16.0. The van der Waals surface area contributed by atoms with E-state index in [0.29, 0.717) is 12.5 Å². The molecule has 0 aliphatic carbocycles. The first kappa shape index (κ1) is 17.8. The van der Waals surface area contributed by atoms with Crippen molar-refractivity contribution in [1.29, 1.82) is 0 Å². The summed E-state index contributed by atoms with van der Waals surface area (Å²) in [6.07, 6.45) is 12.3. The molecule has 1 fully saturated rings. The highest BCUT2D eigenvalue weighted by atomic mass is 16.5. The van der Waals surface area contributed by atoms with E-state index in [0.717, 1.165) is 30.2 Å². The molecule has 0 bridgehead atoms. The lowest BCUT2D eigenvalue weighted by Gasteiger charge is -2.21. The molecule has 0 spiro atoms. The molecular weight excluding hydrogens is 338 g/mol. The van der Waals surface area contributed by atoms with Crippen LogP contribution in [0, 0.1) is 5.92 Å². The van der Waals surface area contributed by atoms with Gasteiger partial charge in [-0.25, -0.2) is 15.0 Å². The first-order valence-electron chi connectivity index (χ1n) is 9.35. The highest BCUT2D eigenvalue weighted by Gasteiger charge is 2.31. The summed E-state index contributed by atoms with van der Waals surface area (Å²) in [6.45, 7) is 7.79.